The van der Waals surface area contributed by atoms with Crippen molar-refractivity contribution >= 4 is 15.7 Å². The molecule has 0 aromatic heterocycles. The van der Waals surface area contributed by atoms with Crippen molar-refractivity contribution in [2.45, 2.75) is 32.6 Å². The van der Waals surface area contributed by atoms with Gasteiger partial charge in [-0.1, -0.05) is 37.3 Å². The number of amides is 1. The second-order valence-corrected chi connectivity index (χ2v) is 9.00. The van der Waals surface area contributed by atoms with Crippen LogP contribution in [0.1, 0.15) is 31.7 Å². The first-order chi connectivity index (χ1) is 12.0. The van der Waals surface area contributed by atoms with Gasteiger partial charge in [0.2, 0.25) is 5.91 Å². The van der Waals surface area contributed by atoms with Crippen molar-refractivity contribution in [1.29, 1.82) is 0 Å². The monoisotopic (exact) mass is 366 g/mol. The zero-order valence-corrected chi connectivity index (χ0v) is 15.9. The highest BCUT2D eigenvalue weighted by Gasteiger charge is 2.25. The molecule has 1 heterocycles. The summed E-state index contributed by atoms with van der Waals surface area (Å²) in [5, 5.41) is 3.34. The predicted molar refractivity (Wildman–Crippen MR) is 101 cm³/mol. The molecule has 0 aliphatic carbocycles. The molecule has 25 heavy (non-hydrogen) atoms. The smallest absolute Gasteiger partial charge is 0.237 e. The number of hydrogen-bond acceptors (Lipinski definition) is 4. The third-order valence-corrected chi connectivity index (χ3v) is 6.35. The first-order valence-electron chi connectivity index (χ1n) is 9.23. The van der Waals surface area contributed by atoms with Gasteiger partial charge in [-0.05, 0) is 50.3 Å². The fraction of sp³-hybridized carbons (Fsp3) is 0.632. The van der Waals surface area contributed by atoms with Gasteiger partial charge in [-0.3, -0.25) is 4.79 Å². The van der Waals surface area contributed by atoms with E-state index in [1.54, 1.807) is 4.90 Å². The maximum absolute atomic E-state index is 12.3. The molecule has 1 aliphatic heterocycles. The van der Waals surface area contributed by atoms with Crippen molar-refractivity contribution in [3.05, 3.63) is 35.9 Å². The van der Waals surface area contributed by atoms with Crippen LogP contribution in [-0.2, 0) is 21.1 Å². The van der Waals surface area contributed by atoms with Crippen LogP contribution in [0.25, 0.3) is 0 Å². The van der Waals surface area contributed by atoms with Crippen molar-refractivity contribution in [1.82, 2.24) is 10.2 Å². The van der Waals surface area contributed by atoms with E-state index >= 15 is 0 Å². The highest BCUT2D eigenvalue weighted by molar-refractivity contribution is 7.92. The average Bonchev–Trinajstić information content (AvgIpc) is 2.60. The van der Waals surface area contributed by atoms with E-state index < -0.39 is 9.84 Å². The van der Waals surface area contributed by atoms with Crippen molar-refractivity contribution in [2.24, 2.45) is 5.92 Å². The van der Waals surface area contributed by atoms with Gasteiger partial charge in [0, 0.05) is 13.1 Å². The Bertz CT molecular complexity index is 623. The van der Waals surface area contributed by atoms with Crippen LogP contribution in [0, 0.1) is 5.92 Å². The minimum absolute atomic E-state index is 0.0739. The fourth-order valence-electron chi connectivity index (χ4n) is 3.23. The summed E-state index contributed by atoms with van der Waals surface area (Å²) < 4.78 is 24.4. The van der Waals surface area contributed by atoms with E-state index in [0.29, 0.717) is 25.4 Å². The zero-order valence-electron chi connectivity index (χ0n) is 15.1. The van der Waals surface area contributed by atoms with E-state index in [4.69, 9.17) is 0 Å². The molecule has 0 radical (unpaired) electrons. The van der Waals surface area contributed by atoms with Crippen LogP contribution in [0.4, 0.5) is 0 Å². The van der Waals surface area contributed by atoms with Gasteiger partial charge in [0.15, 0.2) is 9.84 Å². The number of hydrogen-bond donors (Lipinski definition) is 1. The molecule has 5 nitrogen and oxygen atoms in total. The van der Waals surface area contributed by atoms with Crippen LogP contribution in [0.15, 0.2) is 30.3 Å². The summed E-state index contributed by atoms with van der Waals surface area (Å²) in [6, 6.07) is 9.84. The summed E-state index contributed by atoms with van der Waals surface area (Å²) >= 11 is 0. The second kappa shape index (κ2) is 9.92. The van der Waals surface area contributed by atoms with Gasteiger partial charge in [-0.15, -0.1) is 0 Å². The van der Waals surface area contributed by atoms with E-state index in [1.165, 1.54) is 0 Å². The second-order valence-electron chi connectivity index (χ2n) is 6.81. The van der Waals surface area contributed by atoms with Gasteiger partial charge < -0.3 is 10.2 Å². The Kier molecular flexibility index (Phi) is 7.90. The Morgan fingerprint density at radius 2 is 1.88 bits per heavy atom. The quantitative estimate of drug-likeness (QED) is 0.725. The number of likely N-dealkylation sites (tertiary alicyclic amines) is 1. The Hall–Kier alpha value is -1.40. The summed E-state index contributed by atoms with van der Waals surface area (Å²) in [5.74, 6) is 0.0811. The fourth-order valence-corrected chi connectivity index (χ4v) is 4.51. The van der Waals surface area contributed by atoms with E-state index in [1.807, 2.05) is 30.3 Å². The van der Waals surface area contributed by atoms with Crippen LogP contribution < -0.4 is 5.32 Å². The van der Waals surface area contributed by atoms with Crippen LogP contribution in [0.2, 0.25) is 0 Å². The standard InChI is InChI=1S/C19H30N2O3S/c1-2-20-15-18-10-12-21(13-11-18)19(22)16-25(23,24)14-6-9-17-7-4-3-5-8-17/h3-5,7-8,18,20H,2,6,9-16H2,1H3. The molecule has 6 heteroatoms. The van der Waals surface area contributed by atoms with Crippen LogP contribution in [0.3, 0.4) is 0 Å². The molecule has 0 atom stereocenters. The summed E-state index contributed by atoms with van der Waals surface area (Å²) in [5.41, 5.74) is 1.13. The highest BCUT2D eigenvalue weighted by Crippen LogP contribution is 2.17. The molecule has 1 aromatic carbocycles. The number of sulfone groups is 1. The Morgan fingerprint density at radius 1 is 1.20 bits per heavy atom. The lowest BCUT2D eigenvalue weighted by molar-refractivity contribution is -0.129. The van der Waals surface area contributed by atoms with E-state index in [0.717, 1.165) is 37.9 Å². The maximum atomic E-state index is 12.3. The number of nitrogens with zero attached hydrogens (tertiary/aromatic N) is 1. The minimum Gasteiger partial charge on any atom is -0.342 e. The Balaban J connectivity index is 1.71. The van der Waals surface area contributed by atoms with Crippen LogP contribution in [-0.4, -0.2) is 56.9 Å². The molecule has 1 saturated heterocycles. The molecule has 0 spiro atoms. The van der Waals surface area contributed by atoms with Crippen LogP contribution in [0.5, 0.6) is 0 Å². The van der Waals surface area contributed by atoms with Crippen LogP contribution >= 0.6 is 0 Å². The van der Waals surface area contributed by atoms with E-state index in [9.17, 15) is 13.2 Å². The summed E-state index contributed by atoms with van der Waals surface area (Å²) in [4.78, 5) is 14.0. The SMILES string of the molecule is CCNCC1CCN(C(=O)CS(=O)(=O)CCCc2ccccc2)CC1. The topological polar surface area (TPSA) is 66.5 Å². The lowest BCUT2D eigenvalue weighted by atomic mass is 9.97. The van der Waals surface area contributed by atoms with Crippen molar-refractivity contribution in [3.63, 3.8) is 0 Å². The number of nitrogens with one attached hydrogen (secondary N) is 1. The highest BCUT2D eigenvalue weighted by atomic mass is 32.2. The molecule has 1 fully saturated rings. The predicted octanol–water partition coefficient (Wildman–Crippen LogP) is 1.88. The van der Waals surface area contributed by atoms with Gasteiger partial charge in [0.1, 0.15) is 5.75 Å². The number of benzene rings is 1. The number of carbonyl (C=O) groups is 1. The zero-order chi connectivity index (χ0) is 18.1. The molecule has 0 saturated carbocycles. The largest absolute Gasteiger partial charge is 0.342 e. The van der Waals surface area contributed by atoms with Gasteiger partial charge in [-0.2, -0.15) is 0 Å². The molecule has 0 unspecified atom stereocenters. The summed E-state index contributed by atoms with van der Waals surface area (Å²) in [7, 11) is -3.33. The van der Waals surface area contributed by atoms with Gasteiger partial charge in [0.25, 0.3) is 0 Å². The molecule has 1 aliphatic rings. The third kappa shape index (κ3) is 7.16. The lowest BCUT2D eigenvalue weighted by Crippen LogP contribution is -2.43. The molecular weight excluding hydrogens is 336 g/mol. The normalized spacial score (nSPS) is 16.1. The molecule has 2 rings (SSSR count). The van der Waals surface area contributed by atoms with Crippen molar-refractivity contribution in [3.8, 4) is 0 Å². The number of carbonyl (C=O) groups excluding carboxylic acids is 1. The minimum atomic E-state index is -3.33. The van der Waals surface area contributed by atoms with E-state index in [-0.39, 0.29) is 17.4 Å². The molecule has 1 amide bonds. The number of piperidine rings is 1. The Labute approximate surface area is 151 Å². The van der Waals surface area contributed by atoms with Crippen molar-refractivity contribution in [2.75, 3.05) is 37.7 Å². The molecule has 0 bridgehead atoms. The van der Waals surface area contributed by atoms with E-state index in [2.05, 4.69) is 12.2 Å². The average molecular weight is 367 g/mol. The third-order valence-electron chi connectivity index (χ3n) is 4.76. The molecular formula is C19H30N2O3S. The Morgan fingerprint density at radius 3 is 2.52 bits per heavy atom. The number of aryl methyl sites for hydroxylation is 1. The first kappa shape index (κ1) is 19.9. The van der Waals surface area contributed by atoms with Crippen molar-refractivity contribution < 1.29 is 13.2 Å². The van der Waals surface area contributed by atoms with Gasteiger partial charge in [-0.25, -0.2) is 8.42 Å². The number of rotatable bonds is 9. The van der Waals surface area contributed by atoms with Gasteiger partial charge in [0.05, 0.1) is 5.75 Å². The first-order valence-corrected chi connectivity index (χ1v) is 11.0. The maximum Gasteiger partial charge on any atom is 0.237 e. The molecule has 1 aromatic rings. The molecule has 1 N–H and O–H groups in total. The molecule has 140 valence electrons. The van der Waals surface area contributed by atoms with Gasteiger partial charge >= 0.3 is 0 Å². The summed E-state index contributed by atoms with van der Waals surface area (Å²) in [6.07, 6.45) is 3.19. The summed E-state index contributed by atoms with van der Waals surface area (Å²) in [6.45, 7) is 5.38. The lowest BCUT2D eigenvalue weighted by Gasteiger charge is -2.32.